The van der Waals surface area contributed by atoms with E-state index in [9.17, 15) is 4.79 Å². The molecule has 1 aromatic carbocycles. The zero-order valence-corrected chi connectivity index (χ0v) is 10.9. The molecule has 1 aliphatic rings. The molecule has 3 nitrogen and oxygen atoms in total. The molecule has 1 saturated carbocycles. The highest BCUT2D eigenvalue weighted by Gasteiger charge is 2.36. The predicted octanol–water partition coefficient (Wildman–Crippen LogP) is 3.37. The smallest absolute Gasteiger partial charge is 0.405 e. The van der Waals surface area contributed by atoms with E-state index in [0.29, 0.717) is 12.3 Å². The Balaban J connectivity index is 2.04. The molecule has 2 rings (SSSR count). The fourth-order valence-corrected chi connectivity index (χ4v) is 3.00. The number of hydrogen-bond acceptors (Lipinski definition) is 1. The van der Waals surface area contributed by atoms with Gasteiger partial charge in [-0.2, -0.15) is 0 Å². The van der Waals surface area contributed by atoms with E-state index < -0.39 is 11.6 Å². The molecule has 0 bridgehead atoms. The van der Waals surface area contributed by atoms with E-state index in [2.05, 4.69) is 23.4 Å². The molecule has 2 N–H and O–H groups in total. The second-order valence-electron chi connectivity index (χ2n) is 5.28. The normalized spacial score (nSPS) is 26.4. The molecule has 1 aliphatic carbocycles. The second-order valence-corrected chi connectivity index (χ2v) is 5.28. The molecule has 1 aromatic rings. The maximum atomic E-state index is 10.9. The molecular weight excluding hydrogens is 238 g/mol. The number of benzene rings is 1. The zero-order valence-electron chi connectivity index (χ0n) is 10.9. The Morgan fingerprint density at radius 2 is 2.00 bits per heavy atom. The third-order valence-electron chi connectivity index (χ3n) is 4.03. The van der Waals surface area contributed by atoms with Crippen molar-refractivity contribution >= 4 is 6.09 Å². The van der Waals surface area contributed by atoms with Crippen LogP contribution in [0.25, 0.3) is 0 Å². The third kappa shape index (κ3) is 3.29. The highest BCUT2D eigenvalue weighted by atomic mass is 16.4. The van der Waals surface area contributed by atoms with E-state index >= 15 is 0 Å². The first-order chi connectivity index (χ1) is 9.15. The van der Waals surface area contributed by atoms with Crippen molar-refractivity contribution in [2.45, 2.75) is 43.6 Å². The Bertz CT molecular complexity index is 467. The molecule has 0 aliphatic heterocycles. The Morgan fingerprint density at radius 3 is 2.53 bits per heavy atom. The van der Waals surface area contributed by atoms with E-state index in [1.807, 2.05) is 18.2 Å². The second kappa shape index (κ2) is 5.79. The van der Waals surface area contributed by atoms with Crippen LogP contribution in [-0.4, -0.2) is 16.7 Å². The summed E-state index contributed by atoms with van der Waals surface area (Å²) in [6, 6.07) is 10.4. The summed E-state index contributed by atoms with van der Waals surface area (Å²) in [5, 5.41) is 11.6. The lowest BCUT2D eigenvalue weighted by atomic mass is 9.73. The van der Waals surface area contributed by atoms with Crippen LogP contribution >= 0.6 is 0 Å². The van der Waals surface area contributed by atoms with Gasteiger partial charge in [0.05, 0.1) is 5.54 Å². The lowest BCUT2D eigenvalue weighted by Gasteiger charge is -2.39. The van der Waals surface area contributed by atoms with Crippen molar-refractivity contribution < 1.29 is 9.90 Å². The first-order valence-electron chi connectivity index (χ1n) is 6.65. The lowest BCUT2D eigenvalue weighted by Crippen LogP contribution is -2.49. The van der Waals surface area contributed by atoms with E-state index in [1.54, 1.807) is 0 Å². The standard InChI is InChI=1S/C16H19NO2/c1-2-10-16(17-15(18)19)11-8-14(9-12-16)13-6-4-3-5-7-13/h1,3-7,14,17H,8-12H2,(H,18,19). The summed E-state index contributed by atoms with van der Waals surface area (Å²) in [6.45, 7) is 0. The number of nitrogens with one attached hydrogen (secondary N) is 1. The van der Waals surface area contributed by atoms with Gasteiger partial charge in [0.15, 0.2) is 0 Å². The van der Waals surface area contributed by atoms with Crippen molar-refractivity contribution in [1.82, 2.24) is 5.32 Å². The van der Waals surface area contributed by atoms with Crippen LogP contribution in [0.3, 0.4) is 0 Å². The van der Waals surface area contributed by atoms with Gasteiger partial charge >= 0.3 is 6.09 Å². The molecule has 1 fully saturated rings. The first kappa shape index (κ1) is 13.5. The number of rotatable bonds is 3. The van der Waals surface area contributed by atoms with Crippen molar-refractivity contribution in [2.75, 3.05) is 0 Å². The number of carboxylic acid groups (broad SMARTS) is 1. The summed E-state index contributed by atoms with van der Waals surface area (Å²) in [7, 11) is 0. The van der Waals surface area contributed by atoms with Crippen LogP contribution in [0.5, 0.6) is 0 Å². The van der Waals surface area contributed by atoms with E-state index in [4.69, 9.17) is 11.5 Å². The minimum atomic E-state index is -0.978. The minimum absolute atomic E-state index is 0.425. The quantitative estimate of drug-likeness (QED) is 0.816. The Morgan fingerprint density at radius 1 is 1.37 bits per heavy atom. The van der Waals surface area contributed by atoms with Crippen molar-refractivity contribution in [3.05, 3.63) is 35.9 Å². The van der Waals surface area contributed by atoms with E-state index in [1.165, 1.54) is 5.56 Å². The van der Waals surface area contributed by atoms with Gasteiger partial charge in [-0.05, 0) is 37.2 Å². The summed E-state index contributed by atoms with van der Waals surface area (Å²) in [6.07, 6.45) is 8.45. The fraction of sp³-hybridized carbons (Fsp3) is 0.438. The monoisotopic (exact) mass is 257 g/mol. The van der Waals surface area contributed by atoms with Gasteiger partial charge in [0.25, 0.3) is 0 Å². The summed E-state index contributed by atoms with van der Waals surface area (Å²) in [5.41, 5.74) is 0.915. The number of terminal acetylenes is 1. The summed E-state index contributed by atoms with van der Waals surface area (Å²) in [4.78, 5) is 10.9. The van der Waals surface area contributed by atoms with Gasteiger partial charge in [-0.25, -0.2) is 4.79 Å². The van der Waals surface area contributed by atoms with Crippen molar-refractivity contribution in [2.24, 2.45) is 0 Å². The highest BCUT2D eigenvalue weighted by Crippen LogP contribution is 2.39. The molecular formula is C16H19NO2. The van der Waals surface area contributed by atoms with Crippen molar-refractivity contribution in [3.63, 3.8) is 0 Å². The first-order valence-corrected chi connectivity index (χ1v) is 6.65. The average molecular weight is 257 g/mol. The molecule has 0 saturated heterocycles. The fourth-order valence-electron chi connectivity index (χ4n) is 3.00. The lowest BCUT2D eigenvalue weighted by molar-refractivity contribution is 0.160. The van der Waals surface area contributed by atoms with Crippen LogP contribution in [0.4, 0.5) is 4.79 Å². The van der Waals surface area contributed by atoms with E-state index in [0.717, 1.165) is 25.7 Å². The number of carbonyl (C=O) groups is 1. The van der Waals surface area contributed by atoms with Crippen LogP contribution in [0.2, 0.25) is 0 Å². The molecule has 0 spiro atoms. The Kier molecular flexibility index (Phi) is 4.11. The maximum absolute atomic E-state index is 10.9. The zero-order chi connectivity index (χ0) is 13.7. The topological polar surface area (TPSA) is 49.3 Å². The third-order valence-corrected chi connectivity index (χ3v) is 4.03. The SMILES string of the molecule is C#CCC1(NC(=O)O)CCC(c2ccccc2)CC1. The molecule has 100 valence electrons. The van der Waals surface area contributed by atoms with Crippen LogP contribution in [0, 0.1) is 12.3 Å². The van der Waals surface area contributed by atoms with Crippen molar-refractivity contribution in [1.29, 1.82) is 0 Å². The van der Waals surface area contributed by atoms with Crippen LogP contribution in [0.1, 0.15) is 43.6 Å². The van der Waals surface area contributed by atoms with Crippen molar-refractivity contribution in [3.8, 4) is 12.3 Å². The number of amides is 1. The van der Waals surface area contributed by atoms with Gasteiger partial charge in [-0.15, -0.1) is 12.3 Å². The van der Waals surface area contributed by atoms with Gasteiger partial charge in [0, 0.05) is 6.42 Å². The van der Waals surface area contributed by atoms with Gasteiger partial charge in [0.2, 0.25) is 0 Å². The van der Waals surface area contributed by atoms with Gasteiger partial charge in [-0.3, -0.25) is 0 Å². The van der Waals surface area contributed by atoms with Gasteiger partial charge in [0.1, 0.15) is 0 Å². The predicted molar refractivity (Wildman–Crippen MR) is 75.0 cm³/mol. The molecule has 0 aromatic heterocycles. The molecule has 19 heavy (non-hydrogen) atoms. The Hall–Kier alpha value is -1.95. The summed E-state index contributed by atoms with van der Waals surface area (Å²) in [5.74, 6) is 3.13. The van der Waals surface area contributed by atoms with Crippen LogP contribution < -0.4 is 5.32 Å². The molecule has 0 heterocycles. The molecule has 1 amide bonds. The maximum Gasteiger partial charge on any atom is 0.405 e. The van der Waals surface area contributed by atoms with Gasteiger partial charge in [-0.1, -0.05) is 30.3 Å². The summed E-state index contributed by atoms with van der Waals surface area (Å²) < 4.78 is 0. The Labute approximate surface area is 114 Å². The molecule has 0 atom stereocenters. The van der Waals surface area contributed by atoms with Gasteiger partial charge < -0.3 is 10.4 Å². The number of hydrogen-bond donors (Lipinski definition) is 2. The molecule has 0 radical (unpaired) electrons. The molecule has 0 unspecified atom stereocenters. The molecule has 3 heteroatoms. The van der Waals surface area contributed by atoms with Crippen LogP contribution in [0.15, 0.2) is 30.3 Å². The minimum Gasteiger partial charge on any atom is -0.465 e. The largest absolute Gasteiger partial charge is 0.465 e. The van der Waals surface area contributed by atoms with E-state index in [-0.39, 0.29) is 0 Å². The summed E-state index contributed by atoms with van der Waals surface area (Å²) >= 11 is 0. The van der Waals surface area contributed by atoms with Crippen LogP contribution in [-0.2, 0) is 0 Å². The highest BCUT2D eigenvalue weighted by molar-refractivity contribution is 5.65. The average Bonchev–Trinajstić information content (AvgIpc) is 2.40.